The van der Waals surface area contributed by atoms with E-state index in [0.29, 0.717) is 24.4 Å². The molecule has 0 amide bonds. The summed E-state index contributed by atoms with van der Waals surface area (Å²) in [7, 11) is 1.92. The third-order valence-electron chi connectivity index (χ3n) is 5.02. The summed E-state index contributed by atoms with van der Waals surface area (Å²) in [5, 5.41) is 7.22. The Balaban J connectivity index is 0.00000300. The second kappa shape index (κ2) is 11.8. The number of halogens is 1. The summed E-state index contributed by atoms with van der Waals surface area (Å²) in [6.45, 7) is 4.67. The van der Waals surface area contributed by atoms with Gasteiger partial charge in [-0.25, -0.2) is 0 Å². The zero-order valence-electron chi connectivity index (χ0n) is 17.5. The number of para-hydroxylation sites is 1. The predicted octanol–water partition coefficient (Wildman–Crippen LogP) is 4.92. The van der Waals surface area contributed by atoms with Crippen molar-refractivity contribution in [1.29, 1.82) is 0 Å². The van der Waals surface area contributed by atoms with E-state index in [1.54, 1.807) is 0 Å². The highest BCUT2D eigenvalue weighted by molar-refractivity contribution is 5.85. The molecule has 2 aromatic rings. The first-order chi connectivity index (χ1) is 13.7. The van der Waals surface area contributed by atoms with E-state index in [9.17, 15) is 0 Å². The van der Waals surface area contributed by atoms with E-state index in [1.165, 1.54) is 19.3 Å². The van der Waals surface area contributed by atoms with Crippen molar-refractivity contribution in [3.8, 4) is 11.5 Å². The van der Waals surface area contributed by atoms with Crippen LogP contribution in [-0.2, 0) is 6.42 Å². The van der Waals surface area contributed by atoms with Gasteiger partial charge < -0.3 is 19.3 Å². The molecule has 1 atom stereocenters. The Kier molecular flexibility index (Phi) is 9.48. The average Bonchev–Trinajstić information content (AvgIpc) is 3.16. The highest BCUT2D eigenvalue weighted by Gasteiger charge is 2.19. The fourth-order valence-electron chi connectivity index (χ4n) is 3.36. The Morgan fingerprint density at radius 1 is 1.24 bits per heavy atom. The molecule has 29 heavy (non-hydrogen) atoms. The van der Waals surface area contributed by atoms with Gasteiger partial charge in [0.25, 0.3) is 5.89 Å². The zero-order valence-corrected chi connectivity index (χ0v) is 18.3. The summed E-state index contributed by atoms with van der Waals surface area (Å²) in [6, 6.07) is 6.26. The molecule has 1 aliphatic carbocycles. The second-order valence-corrected chi connectivity index (χ2v) is 7.26. The van der Waals surface area contributed by atoms with Crippen LogP contribution in [0.5, 0.6) is 11.5 Å². The van der Waals surface area contributed by atoms with E-state index in [4.69, 9.17) is 14.0 Å². The Morgan fingerprint density at radius 3 is 2.76 bits per heavy atom. The smallest absolute Gasteiger partial charge is 0.250 e. The zero-order chi connectivity index (χ0) is 19.8. The number of likely N-dealkylation sites (N-methyl/N-ethyl adjacent to an activating group) is 1. The summed E-state index contributed by atoms with van der Waals surface area (Å²) in [4.78, 5) is 4.44. The number of nitrogens with one attached hydrogen (secondary N) is 1. The lowest BCUT2D eigenvalue weighted by Crippen LogP contribution is -2.24. The van der Waals surface area contributed by atoms with Crippen LogP contribution in [0.3, 0.4) is 0 Å². The van der Waals surface area contributed by atoms with Crippen molar-refractivity contribution >= 4 is 24.6 Å². The van der Waals surface area contributed by atoms with Crippen LogP contribution < -0.4 is 14.8 Å². The van der Waals surface area contributed by atoms with Gasteiger partial charge in [-0.1, -0.05) is 23.7 Å². The number of ether oxygens (including phenoxy) is 2. The largest absolute Gasteiger partial charge is 0.490 e. The summed E-state index contributed by atoms with van der Waals surface area (Å²) in [6.07, 6.45) is 10.7. The molecule has 0 saturated heterocycles. The van der Waals surface area contributed by atoms with Crippen molar-refractivity contribution in [2.24, 2.45) is 0 Å². The van der Waals surface area contributed by atoms with Gasteiger partial charge in [0.15, 0.2) is 17.3 Å². The van der Waals surface area contributed by atoms with Crippen molar-refractivity contribution in [3.05, 3.63) is 35.5 Å². The van der Waals surface area contributed by atoms with Crippen molar-refractivity contribution in [2.75, 3.05) is 13.7 Å². The van der Waals surface area contributed by atoms with Crippen LogP contribution >= 0.6 is 12.4 Å². The van der Waals surface area contributed by atoms with E-state index in [1.807, 2.05) is 44.3 Å². The minimum absolute atomic E-state index is 0. The number of hydrogen-bond acceptors (Lipinski definition) is 6. The molecule has 0 radical (unpaired) electrons. The number of rotatable bonds is 9. The van der Waals surface area contributed by atoms with Gasteiger partial charge in [-0.2, -0.15) is 4.98 Å². The lowest BCUT2D eigenvalue weighted by atomic mass is 9.97. The molecular formula is C22H32ClN3O3. The Morgan fingerprint density at radius 2 is 2.03 bits per heavy atom. The van der Waals surface area contributed by atoms with E-state index in [0.717, 1.165) is 36.3 Å². The molecular weight excluding hydrogens is 390 g/mol. The fraction of sp³-hybridized carbons (Fsp3) is 0.545. The first-order valence-electron chi connectivity index (χ1n) is 10.3. The SMILES string of the molecule is CCOc1cccc(/C=C/c2nc(CC(C)NC)no2)c1OC1CCCCC1.Cl. The Bertz CT molecular complexity index is 772. The molecule has 1 unspecified atom stereocenters. The molecule has 6 nitrogen and oxygen atoms in total. The van der Waals surface area contributed by atoms with Gasteiger partial charge >= 0.3 is 0 Å². The van der Waals surface area contributed by atoms with E-state index >= 15 is 0 Å². The van der Waals surface area contributed by atoms with Crippen LogP contribution in [-0.4, -0.2) is 35.9 Å². The molecule has 7 heteroatoms. The molecule has 0 spiro atoms. The van der Waals surface area contributed by atoms with Crippen LogP contribution in [0.25, 0.3) is 12.2 Å². The molecule has 1 aliphatic rings. The fourth-order valence-corrected chi connectivity index (χ4v) is 3.36. The number of hydrogen-bond donors (Lipinski definition) is 1. The Labute approximate surface area is 179 Å². The minimum Gasteiger partial charge on any atom is -0.490 e. The Hall–Kier alpha value is -2.05. The molecule has 0 aliphatic heterocycles. The topological polar surface area (TPSA) is 69.4 Å². The normalized spacial score (nSPS) is 15.8. The summed E-state index contributed by atoms with van der Waals surface area (Å²) in [5.74, 6) is 2.77. The third-order valence-corrected chi connectivity index (χ3v) is 5.02. The molecule has 3 rings (SSSR count). The van der Waals surface area contributed by atoms with Gasteiger partial charge in [0.05, 0.1) is 12.7 Å². The van der Waals surface area contributed by atoms with Crippen LogP contribution in [0.1, 0.15) is 63.2 Å². The summed E-state index contributed by atoms with van der Waals surface area (Å²) in [5.41, 5.74) is 0.958. The highest BCUT2D eigenvalue weighted by Crippen LogP contribution is 2.35. The van der Waals surface area contributed by atoms with Crippen molar-refractivity contribution < 1.29 is 14.0 Å². The monoisotopic (exact) mass is 421 g/mol. The predicted molar refractivity (Wildman–Crippen MR) is 118 cm³/mol. The maximum Gasteiger partial charge on any atom is 0.250 e. The van der Waals surface area contributed by atoms with Gasteiger partial charge in [-0.05, 0) is 58.7 Å². The molecule has 1 heterocycles. The van der Waals surface area contributed by atoms with Gasteiger partial charge in [0.2, 0.25) is 0 Å². The summed E-state index contributed by atoms with van der Waals surface area (Å²) < 4.78 is 17.5. The van der Waals surface area contributed by atoms with Crippen LogP contribution in [0.15, 0.2) is 22.7 Å². The molecule has 0 bridgehead atoms. The van der Waals surface area contributed by atoms with Crippen LogP contribution in [0.4, 0.5) is 0 Å². The summed E-state index contributed by atoms with van der Waals surface area (Å²) >= 11 is 0. The lowest BCUT2D eigenvalue weighted by Gasteiger charge is -2.25. The number of nitrogens with zero attached hydrogens (tertiary/aromatic N) is 2. The molecule has 1 saturated carbocycles. The lowest BCUT2D eigenvalue weighted by molar-refractivity contribution is 0.147. The third kappa shape index (κ3) is 6.75. The van der Waals surface area contributed by atoms with E-state index < -0.39 is 0 Å². The second-order valence-electron chi connectivity index (χ2n) is 7.26. The first kappa shape index (κ1) is 23.2. The molecule has 1 aromatic heterocycles. The standard InChI is InChI=1S/C22H31N3O3.ClH/c1-4-26-19-12-8-9-17(22(19)27-18-10-6-5-7-11-18)13-14-21-24-20(25-28-21)15-16(2)23-3;/h8-9,12-14,16,18,23H,4-7,10-11,15H2,1-3H3;1H/b14-13+;. The highest BCUT2D eigenvalue weighted by atomic mass is 35.5. The van der Waals surface area contributed by atoms with Crippen molar-refractivity contribution in [3.63, 3.8) is 0 Å². The minimum atomic E-state index is 0. The quantitative estimate of drug-likeness (QED) is 0.619. The maximum atomic E-state index is 6.38. The van der Waals surface area contributed by atoms with Gasteiger partial charge in [-0.15, -0.1) is 12.4 Å². The molecule has 1 aromatic carbocycles. The van der Waals surface area contributed by atoms with Gasteiger partial charge in [0.1, 0.15) is 0 Å². The molecule has 160 valence electrons. The van der Waals surface area contributed by atoms with Crippen LogP contribution in [0.2, 0.25) is 0 Å². The molecule has 1 fully saturated rings. The van der Waals surface area contributed by atoms with Gasteiger partial charge in [-0.3, -0.25) is 0 Å². The number of aromatic nitrogens is 2. The van der Waals surface area contributed by atoms with Crippen molar-refractivity contribution in [1.82, 2.24) is 15.5 Å². The van der Waals surface area contributed by atoms with Gasteiger partial charge in [0, 0.05) is 24.1 Å². The van der Waals surface area contributed by atoms with E-state index in [2.05, 4.69) is 22.4 Å². The maximum absolute atomic E-state index is 6.38. The van der Waals surface area contributed by atoms with E-state index in [-0.39, 0.29) is 18.5 Å². The molecule has 1 N–H and O–H groups in total. The first-order valence-corrected chi connectivity index (χ1v) is 10.3. The van der Waals surface area contributed by atoms with Crippen LogP contribution in [0, 0.1) is 0 Å². The average molecular weight is 422 g/mol. The number of benzene rings is 1. The van der Waals surface area contributed by atoms with Crippen molar-refractivity contribution in [2.45, 2.75) is 64.5 Å².